The zero-order valence-electron chi connectivity index (χ0n) is 14.5. The molecule has 1 heterocycles. The van der Waals surface area contributed by atoms with Crippen LogP contribution < -0.4 is 4.90 Å². The molecule has 0 spiro atoms. The molecule has 3 rings (SSSR count). The highest BCUT2D eigenvalue weighted by atomic mass is 32.2. The molecule has 130 valence electrons. The maximum Gasteiger partial charge on any atom is 0.264 e. The Bertz CT molecular complexity index is 858. The predicted molar refractivity (Wildman–Crippen MR) is 99.4 cm³/mol. The van der Waals surface area contributed by atoms with Gasteiger partial charge in [0.25, 0.3) is 10.1 Å². The standard InChI is InChI=1S/C19H25NO3S/c1-14-19(2,3)18-16-9-5-4-8-15(16)10-11-17(18)20(14)12-6-7-13-24(21,22)23/h4-5,8-11,14H,6-7,12-13H2,1-3H3,(H,21,22,23). The molecule has 4 nitrogen and oxygen atoms in total. The van der Waals surface area contributed by atoms with E-state index in [1.165, 1.54) is 22.0 Å². The highest BCUT2D eigenvalue weighted by Gasteiger charge is 2.42. The van der Waals surface area contributed by atoms with Crippen molar-refractivity contribution in [3.05, 3.63) is 42.0 Å². The SMILES string of the molecule is CC1N(CCCCS(=O)(=O)O)c2ccc3ccccc3c2C1(C)C. The third-order valence-corrected chi connectivity index (χ3v) is 6.23. The van der Waals surface area contributed by atoms with Crippen LogP contribution in [-0.4, -0.2) is 31.3 Å². The van der Waals surface area contributed by atoms with E-state index in [1.807, 2.05) is 0 Å². The van der Waals surface area contributed by atoms with Gasteiger partial charge in [0, 0.05) is 23.7 Å². The van der Waals surface area contributed by atoms with Crippen molar-refractivity contribution in [1.29, 1.82) is 0 Å². The maximum atomic E-state index is 10.9. The van der Waals surface area contributed by atoms with Crippen LogP contribution in [0.25, 0.3) is 10.8 Å². The molecular weight excluding hydrogens is 322 g/mol. The van der Waals surface area contributed by atoms with Crippen molar-refractivity contribution in [2.75, 3.05) is 17.2 Å². The normalized spacial score (nSPS) is 19.7. The van der Waals surface area contributed by atoms with Gasteiger partial charge >= 0.3 is 0 Å². The lowest BCUT2D eigenvalue weighted by atomic mass is 9.79. The van der Waals surface area contributed by atoms with Gasteiger partial charge in [-0.1, -0.05) is 44.2 Å². The van der Waals surface area contributed by atoms with Gasteiger partial charge in [-0.3, -0.25) is 4.55 Å². The Kier molecular flexibility index (Phi) is 4.34. The van der Waals surface area contributed by atoms with Crippen molar-refractivity contribution in [3.63, 3.8) is 0 Å². The largest absolute Gasteiger partial charge is 0.368 e. The quantitative estimate of drug-likeness (QED) is 0.656. The molecular formula is C19H25NO3S. The second kappa shape index (κ2) is 6.05. The zero-order chi connectivity index (χ0) is 17.5. The van der Waals surface area contributed by atoms with Crippen molar-refractivity contribution in [2.45, 2.75) is 45.1 Å². The number of anilines is 1. The first-order chi connectivity index (χ1) is 11.2. The number of unbranched alkanes of at least 4 members (excludes halogenated alkanes) is 1. The molecule has 1 atom stereocenters. The lowest BCUT2D eigenvalue weighted by Crippen LogP contribution is -2.39. The van der Waals surface area contributed by atoms with E-state index in [0.29, 0.717) is 12.5 Å². The number of hydrogen-bond acceptors (Lipinski definition) is 3. The predicted octanol–water partition coefficient (Wildman–Crippen LogP) is 3.99. The third kappa shape index (κ3) is 3.03. The van der Waals surface area contributed by atoms with E-state index in [0.717, 1.165) is 13.0 Å². The van der Waals surface area contributed by atoms with Crippen LogP contribution in [0.1, 0.15) is 39.2 Å². The maximum absolute atomic E-state index is 10.9. The monoisotopic (exact) mass is 347 g/mol. The van der Waals surface area contributed by atoms with E-state index in [9.17, 15) is 8.42 Å². The molecule has 24 heavy (non-hydrogen) atoms. The number of nitrogens with zero attached hydrogens (tertiary/aromatic N) is 1. The molecule has 1 aliphatic heterocycles. The summed E-state index contributed by atoms with van der Waals surface area (Å²) >= 11 is 0. The molecule has 0 bridgehead atoms. The highest BCUT2D eigenvalue weighted by molar-refractivity contribution is 7.85. The van der Waals surface area contributed by atoms with Crippen molar-refractivity contribution >= 4 is 26.6 Å². The molecule has 0 radical (unpaired) electrons. The summed E-state index contributed by atoms with van der Waals surface area (Å²) in [6.45, 7) is 7.59. The Morgan fingerprint density at radius 3 is 2.54 bits per heavy atom. The molecule has 1 aliphatic rings. The van der Waals surface area contributed by atoms with Crippen LogP contribution in [0.15, 0.2) is 36.4 Å². The van der Waals surface area contributed by atoms with Crippen LogP contribution in [-0.2, 0) is 15.5 Å². The zero-order valence-corrected chi connectivity index (χ0v) is 15.3. The van der Waals surface area contributed by atoms with Crippen LogP contribution in [0.4, 0.5) is 5.69 Å². The first kappa shape index (κ1) is 17.2. The van der Waals surface area contributed by atoms with E-state index in [-0.39, 0.29) is 11.2 Å². The molecule has 0 fully saturated rings. The van der Waals surface area contributed by atoms with E-state index >= 15 is 0 Å². The molecule has 0 amide bonds. The summed E-state index contributed by atoms with van der Waals surface area (Å²) < 4.78 is 30.6. The molecule has 1 unspecified atom stereocenters. The summed E-state index contributed by atoms with van der Waals surface area (Å²) in [7, 11) is -3.86. The fraction of sp³-hybridized carbons (Fsp3) is 0.474. The van der Waals surface area contributed by atoms with Crippen molar-refractivity contribution in [1.82, 2.24) is 0 Å². The van der Waals surface area contributed by atoms with Crippen molar-refractivity contribution in [2.24, 2.45) is 0 Å². The summed E-state index contributed by atoms with van der Waals surface area (Å²) in [6.07, 6.45) is 1.22. The minimum Gasteiger partial charge on any atom is -0.368 e. The van der Waals surface area contributed by atoms with Gasteiger partial charge < -0.3 is 4.90 Å². The van der Waals surface area contributed by atoms with Gasteiger partial charge in [-0.05, 0) is 42.2 Å². The van der Waals surface area contributed by atoms with Crippen LogP contribution in [0.2, 0.25) is 0 Å². The van der Waals surface area contributed by atoms with Gasteiger partial charge in [0.1, 0.15) is 0 Å². The van der Waals surface area contributed by atoms with E-state index in [2.05, 4.69) is 62.1 Å². The van der Waals surface area contributed by atoms with Crippen LogP contribution in [0.3, 0.4) is 0 Å². The topological polar surface area (TPSA) is 57.6 Å². The fourth-order valence-corrected chi connectivity index (χ4v) is 4.43. The van der Waals surface area contributed by atoms with Gasteiger partial charge in [0.15, 0.2) is 0 Å². The van der Waals surface area contributed by atoms with Crippen molar-refractivity contribution in [3.8, 4) is 0 Å². The van der Waals surface area contributed by atoms with Crippen molar-refractivity contribution < 1.29 is 13.0 Å². The summed E-state index contributed by atoms with van der Waals surface area (Å²) in [5.74, 6) is -0.164. The summed E-state index contributed by atoms with van der Waals surface area (Å²) in [5, 5.41) is 2.55. The molecule has 0 aromatic heterocycles. The number of benzene rings is 2. The second-order valence-corrected chi connectivity index (χ2v) is 8.84. The minimum absolute atomic E-state index is 0.0270. The number of fused-ring (bicyclic) bond motifs is 3. The van der Waals surface area contributed by atoms with Gasteiger partial charge in [-0.2, -0.15) is 8.42 Å². The fourth-order valence-electron chi connectivity index (χ4n) is 3.86. The summed E-state index contributed by atoms with van der Waals surface area (Å²) in [6, 6.07) is 13.2. The first-order valence-corrected chi connectivity index (χ1v) is 10.1. The Morgan fingerprint density at radius 2 is 1.83 bits per heavy atom. The summed E-state index contributed by atoms with van der Waals surface area (Å²) in [5.41, 5.74) is 2.65. The molecule has 1 N–H and O–H groups in total. The minimum atomic E-state index is -3.86. The van der Waals surface area contributed by atoms with Crippen LogP contribution in [0, 0.1) is 0 Å². The van der Waals surface area contributed by atoms with E-state index in [4.69, 9.17) is 4.55 Å². The number of hydrogen-bond donors (Lipinski definition) is 1. The second-order valence-electron chi connectivity index (χ2n) is 7.27. The van der Waals surface area contributed by atoms with Gasteiger partial charge in [-0.15, -0.1) is 0 Å². The Labute approximate surface area is 144 Å². The molecule has 0 saturated heterocycles. The van der Waals surface area contributed by atoms with E-state index < -0.39 is 10.1 Å². The lowest BCUT2D eigenvalue weighted by Gasteiger charge is -2.31. The molecule has 0 saturated carbocycles. The summed E-state index contributed by atoms with van der Waals surface area (Å²) in [4.78, 5) is 2.38. The molecule has 0 aliphatic carbocycles. The lowest BCUT2D eigenvalue weighted by molar-refractivity contribution is 0.439. The molecule has 2 aromatic carbocycles. The number of rotatable bonds is 5. The first-order valence-electron chi connectivity index (χ1n) is 8.46. The Balaban J connectivity index is 1.90. The highest BCUT2D eigenvalue weighted by Crippen LogP contribution is 2.48. The third-order valence-electron chi connectivity index (χ3n) is 5.42. The smallest absolute Gasteiger partial charge is 0.264 e. The molecule has 5 heteroatoms. The van der Waals surface area contributed by atoms with Gasteiger partial charge in [0.05, 0.1) is 5.75 Å². The van der Waals surface area contributed by atoms with E-state index in [1.54, 1.807) is 0 Å². The Hall–Kier alpha value is -1.59. The van der Waals surface area contributed by atoms with Crippen LogP contribution in [0.5, 0.6) is 0 Å². The van der Waals surface area contributed by atoms with Gasteiger partial charge in [-0.25, -0.2) is 0 Å². The Morgan fingerprint density at radius 1 is 1.12 bits per heavy atom. The van der Waals surface area contributed by atoms with Crippen LogP contribution >= 0.6 is 0 Å². The average Bonchev–Trinajstić information content (AvgIpc) is 2.71. The van der Waals surface area contributed by atoms with Gasteiger partial charge in [0.2, 0.25) is 0 Å². The molecule has 2 aromatic rings. The average molecular weight is 347 g/mol.